The summed E-state index contributed by atoms with van der Waals surface area (Å²) in [7, 11) is 1.18. The standard InChI is InChI=1S/C19H13ClN6O5/c1-31-18(28)15-14(17(27)11-4-8-13(9-5-11)26(29)30)16(10-2-6-12(20)7-3-10)25-19(21-15)22-23-24-25/h2-9,16H,1H3,(H,21,22,24)/t16-/m1/s1. The first-order valence-electron chi connectivity index (χ1n) is 8.82. The van der Waals surface area contributed by atoms with Crippen LogP contribution in [0.15, 0.2) is 59.8 Å². The number of non-ortho nitro benzene ring substituents is 1. The summed E-state index contributed by atoms with van der Waals surface area (Å²) in [5, 5.41) is 25.6. The summed E-state index contributed by atoms with van der Waals surface area (Å²) in [5.41, 5.74) is 0.443. The van der Waals surface area contributed by atoms with Crippen molar-refractivity contribution >= 4 is 35.0 Å². The van der Waals surface area contributed by atoms with Crippen molar-refractivity contribution in [2.24, 2.45) is 0 Å². The van der Waals surface area contributed by atoms with Crippen LogP contribution < -0.4 is 5.32 Å². The van der Waals surface area contributed by atoms with Crippen LogP contribution in [-0.4, -0.2) is 44.0 Å². The molecule has 31 heavy (non-hydrogen) atoms. The average molecular weight is 441 g/mol. The van der Waals surface area contributed by atoms with Gasteiger partial charge < -0.3 is 10.1 Å². The van der Waals surface area contributed by atoms with E-state index in [1.165, 1.54) is 36.1 Å². The maximum Gasteiger partial charge on any atom is 0.355 e. The van der Waals surface area contributed by atoms with E-state index in [1.807, 2.05) is 0 Å². The smallest absolute Gasteiger partial charge is 0.355 e. The molecule has 0 bridgehead atoms. The summed E-state index contributed by atoms with van der Waals surface area (Å²) in [6.45, 7) is 0. The van der Waals surface area contributed by atoms with E-state index in [9.17, 15) is 19.7 Å². The van der Waals surface area contributed by atoms with Gasteiger partial charge in [-0.3, -0.25) is 14.9 Å². The Balaban J connectivity index is 1.90. The number of nitro groups is 1. The number of nitrogens with zero attached hydrogens (tertiary/aromatic N) is 5. The summed E-state index contributed by atoms with van der Waals surface area (Å²) >= 11 is 6.00. The number of carbonyl (C=O) groups is 2. The maximum absolute atomic E-state index is 13.5. The van der Waals surface area contributed by atoms with Crippen LogP contribution in [-0.2, 0) is 9.53 Å². The summed E-state index contributed by atoms with van der Waals surface area (Å²) < 4.78 is 6.21. The highest BCUT2D eigenvalue weighted by Crippen LogP contribution is 2.37. The number of hydrogen-bond acceptors (Lipinski definition) is 9. The van der Waals surface area contributed by atoms with Gasteiger partial charge in [0.05, 0.1) is 17.6 Å². The van der Waals surface area contributed by atoms with Gasteiger partial charge in [-0.2, -0.15) is 4.68 Å². The molecule has 12 heteroatoms. The second kappa shape index (κ2) is 7.95. The van der Waals surface area contributed by atoms with Crippen molar-refractivity contribution in [3.63, 3.8) is 0 Å². The van der Waals surface area contributed by atoms with Crippen molar-refractivity contribution in [1.29, 1.82) is 0 Å². The fourth-order valence-electron chi connectivity index (χ4n) is 3.23. The molecule has 0 aliphatic carbocycles. The fraction of sp³-hybridized carbons (Fsp3) is 0.105. The van der Waals surface area contributed by atoms with Crippen molar-refractivity contribution in [1.82, 2.24) is 20.2 Å². The van der Waals surface area contributed by atoms with E-state index in [0.29, 0.717) is 10.6 Å². The van der Waals surface area contributed by atoms with Crippen LogP contribution in [0.1, 0.15) is 22.0 Å². The molecule has 1 aliphatic rings. The van der Waals surface area contributed by atoms with Gasteiger partial charge >= 0.3 is 5.97 Å². The summed E-state index contributed by atoms with van der Waals surface area (Å²) in [6.07, 6.45) is 0. The van der Waals surface area contributed by atoms with Crippen molar-refractivity contribution in [3.05, 3.63) is 86.1 Å². The number of methoxy groups -OCH3 is 1. The van der Waals surface area contributed by atoms with Crippen molar-refractivity contribution < 1.29 is 19.2 Å². The highest BCUT2D eigenvalue weighted by Gasteiger charge is 2.38. The van der Waals surface area contributed by atoms with E-state index < -0.39 is 22.7 Å². The molecule has 2 heterocycles. The monoisotopic (exact) mass is 440 g/mol. The molecule has 0 saturated carbocycles. The molecule has 1 N–H and O–H groups in total. The number of esters is 1. The number of allylic oxidation sites excluding steroid dienone is 1. The second-order valence-corrected chi connectivity index (χ2v) is 6.88. The lowest BCUT2D eigenvalue weighted by molar-refractivity contribution is -0.384. The van der Waals surface area contributed by atoms with Crippen molar-refractivity contribution in [2.45, 2.75) is 6.04 Å². The van der Waals surface area contributed by atoms with Gasteiger partial charge in [-0.05, 0) is 40.3 Å². The number of hydrogen-bond donors (Lipinski definition) is 1. The lowest BCUT2D eigenvalue weighted by Gasteiger charge is -2.28. The van der Waals surface area contributed by atoms with E-state index in [4.69, 9.17) is 16.3 Å². The van der Waals surface area contributed by atoms with Crippen molar-refractivity contribution in [3.8, 4) is 0 Å². The number of ketones is 1. The van der Waals surface area contributed by atoms with E-state index in [0.717, 1.165) is 0 Å². The Morgan fingerprint density at radius 3 is 2.45 bits per heavy atom. The first-order chi connectivity index (χ1) is 14.9. The highest BCUT2D eigenvalue weighted by atomic mass is 35.5. The van der Waals surface area contributed by atoms with E-state index in [1.54, 1.807) is 24.3 Å². The van der Waals surface area contributed by atoms with Crippen LogP contribution in [0.3, 0.4) is 0 Å². The van der Waals surface area contributed by atoms with Crippen LogP contribution in [0.2, 0.25) is 5.02 Å². The molecule has 1 aliphatic heterocycles. The molecule has 1 atom stereocenters. The van der Waals surface area contributed by atoms with Gasteiger partial charge in [-0.25, -0.2) is 4.79 Å². The molecule has 0 unspecified atom stereocenters. The zero-order valence-corrected chi connectivity index (χ0v) is 16.6. The molecule has 11 nitrogen and oxygen atoms in total. The van der Waals surface area contributed by atoms with Gasteiger partial charge in [-0.15, -0.1) is 0 Å². The quantitative estimate of drug-likeness (QED) is 0.274. The SMILES string of the molecule is COC(=O)C1=C(C(=O)c2ccc([N+](=O)[O-])cc2)[C@@H](c2ccc(Cl)cc2)n2nnnc2N1. The van der Waals surface area contributed by atoms with Gasteiger partial charge in [0.2, 0.25) is 5.95 Å². The minimum Gasteiger partial charge on any atom is -0.464 e. The third-order valence-corrected chi connectivity index (χ3v) is 4.93. The Labute approximate surface area is 179 Å². The lowest BCUT2D eigenvalue weighted by atomic mass is 9.89. The number of fused-ring (bicyclic) bond motifs is 1. The first kappa shape index (κ1) is 20.2. The Bertz CT molecular complexity index is 1220. The number of nitro benzene ring substituents is 1. The Hall–Kier alpha value is -4.12. The normalized spacial score (nSPS) is 15.1. The first-order valence-corrected chi connectivity index (χ1v) is 9.20. The predicted molar refractivity (Wildman–Crippen MR) is 107 cm³/mol. The summed E-state index contributed by atoms with van der Waals surface area (Å²) in [4.78, 5) is 36.4. The van der Waals surface area contributed by atoms with Gasteiger partial charge in [-0.1, -0.05) is 28.8 Å². The third-order valence-electron chi connectivity index (χ3n) is 4.68. The van der Waals surface area contributed by atoms with Crippen LogP contribution in [0, 0.1) is 10.1 Å². The van der Waals surface area contributed by atoms with Crippen LogP contribution >= 0.6 is 11.6 Å². The molecule has 0 fully saturated rings. The summed E-state index contributed by atoms with van der Waals surface area (Å²) in [5.74, 6) is -1.21. The van der Waals surface area contributed by atoms with E-state index >= 15 is 0 Å². The van der Waals surface area contributed by atoms with Gasteiger partial charge in [0.25, 0.3) is 5.69 Å². The molecule has 0 saturated heterocycles. The number of ether oxygens (including phenoxy) is 1. The summed E-state index contributed by atoms with van der Waals surface area (Å²) in [6, 6.07) is 10.8. The molecule has 0 spiro atoms. The number of aromatic nitrogens is 4. The van der Waals surface area contributed by atoms with Gasteiger partial charge in [0, 0.05) is 22.7 Å². The molecule has 0 radical (unpaired) electrons. The van der Waals surface area contributed by atoms with Gasteiger partial charge in [0.15, 0.2) is 5.78 Å². The molecule has 4 rings (SSSR count). The molecular formula is C19H13ClN6O5. The topological polar surface area (TPSA) is 142 Å². The minimum atomic E-state index is -0.875. The maximum atomic E-state index is 13.5. The molecule has 156 valence electrons. The number of nitrogens with one attached hydrogen (secondary N) is 1. The van der Waals surface area contributed by atoms with Gasteiger partial charge in [0.1, 0.15) is 11.7 Å². The predicted octanol–water partition coefficient (Wildman–Crippen LogP) is 2.56. The zero-order chi connectivity index (χ0) is 22.1. The second-order valence-electron chi connectivity index (χ2n) is 6.44. The fourth-order valence-corrected chi connectivity index (χ4v) is 3.36. The van der Waals surface area contributed by atoms with Crippen molar-refractivity contribution in [2.75, 3.05) is 12.4 Å². The largest absolute Gasteiger partial charge is 0.464 e. The van der Waals surface area contributed by atoms with Crippen LogP contribution in [0.4, 0.5) is 11.6 Å². The zero-order valence-electron chi connectivity index (χ0n) is 15.9. The number of benzene rings is 2. The number of Topliss-reactive ketones (excluding diaryl/α,β-unsaturated/α-hetero) is 1. The molecule has 0 amide bonds. The average Bonchev–Trinajstić information content (AvgIpc) is 3.26. The highest BCUT2D eigenvalue weighted by molar-refractivity contribution is 6.30. The Kier molecular flexibility index (Phi) is 5.17. The van der Waals surface area contributed by atoms with E-state index in [-0.39, 0.29) is 28.5 Å². The number of carbonyl (C=O) groups excluding carboxylic acids is 2. The Morgan fingerprint density at radius 1 is 1.16 bits per heavy atom. The third kappa shape index (κ3) is 3.62. The van der Waals surface area contributed by atoms with Crippen LogP contribution in [0.25, 0.3) is 0 Å². The van der Waals surface area contributed by atoms with Crippen LogP contribution in [0.5, 0.6) is 0 Å². The lowest BCUT2D eigenvalue weighted by Crippen LogP contribution is -2.32. The van der Waals surface area contributed by atoms with E-state index in [2.05, 4.69) is 20.8 Å². The molecule has 2 aromatic carbocycles. The molecule has 1 aromatic heterocycles. The Morgan fingerprint density at radius 2 is 1.84 bits per heavy atom. The molecule has 3 aromatic rings. The molecular weight excluding hydrogens is 428 g/mol. The number of tetrazole rings is 1. The number of anilines is 1. The number of rotatable bonds is 5. The number of halogens is 1. The minimum absolute atomic E-state index is 0.0165.